The lowest BCUT2D eigenvalue weighted by molar-refractivity contribution is -0.129. The van der Waals surface area contributed by atoms with Gasteiger partial charge in [0.1, 0.15) is 5.75 Å². The number of ether oxygens (including phenoxy) is 2. The van der Waals surface area contributed by atoms with Crippen LogP contribution in [-0.4, -0.2) is 19.0 Å². The van der Waals surface area contributed by atoms with Crippen LogP contribution >= 0.6 is 0 Å². The highest BCUT2D eigenvalue weighted by molar-refractivity contribution is 6.10. The molecule has 0 amide bonds. The van der Waals surface area contributed by atoms with E-state index >= 15 is 0 Å². The Labute approximate surface area is 146 Å². The Hall–Kier alpha value is -3.40. The second kappa shape index (κ2) is 7.93. The third-order valence-electron chi connectivity index (χ3n) is 3.52. The van der Waals surface area contributed by atoms with E-state index < -0.39 is 5.97 Å². The van der Waals surface area contributed by atoms with E-state index in [0.717, 1.165) is 16.9 Å². The van der Waals surface area contributed by atoms with Crippen LogP contribution in [0.15, 0.2) is 83.5 Å². The highest BCUT2D eigenvalue weighted by Crippen LogP contribution is 2.20. The number of nitrogens with zero attached hydrogens (tertiary/aromatic N) is 1. The SMILES string of the molecule is COc1ccccc1/C=C/C1=NC(=C\C=C/c2ccccc2)/C(=O)O1. The van der Waals surface area contributed by atoms with Gasteiger partial charge < -0.3 is 9.47 Å². The van der Waals surface area contributed by atoms with Gasteiger partial charge in [0.2, 0.25) is 5.90 Å². The molecular weight excluding hydrogens is 314 g/mol. The Bertz CT molecular complexity index is 877. The van der Waals surface area contributed by atoms with Crippen molar-refractivity contribution >= 4 is 24.0 Å². The fourth-order valence-electron chi connectivity index (χ4n) is 2.29. The maximum absolute atomic E-state index is 11.9. The first-order chi connectivity index (χ1) is 12.3. The molecule has 3 rings (SSSR count). The molecule has 4 nitrogen and oxygen atoms in total. The molecule has 0 spiro atoms. The molecule has 0 aromatic heterocycles. The van der Waals surface area contributed by atoms with E-state index in [1.54, 1.807) is 31.4 Å². The minimum Gasteiger partial charge on any atom is -0.496 e. The molecule has 0 saturated carbocycles. The largest absolute Gasteiger partial charge is 0.496 e. The number of benzene rings is 2. The molecule has 1 aliphatic rings. The van der Waals surface area contributed by atoms with Gasteiger partial charge in [-0.05, 0) is 23.8 Å². The van der Waals surface area contributed by atoms with Gasteiger partial charge in [-0.3, -0.25) is 0 Å². The average Bonchev–Trinajstić information content (AvgIpc) is 3.01. The van der Waals surface area contributed by atoms with Gasteiger partial charge in [0, 0.05) is 11.6 Å². The van der Waals surface area contributed by atoms with Crippen molar-refractivity contribution in [3.63, 3.8) is 0 Å². The molecule has 2 aromatic rings. The lowest BCUT2D eigenvalue weighted by Crippen LogP contribution is -2.01. The highest BCUT2D eigenvalue weighted by atomic mass is 16.6. The number of cyclic esters (lactones) is 1. The van der Waals surface area contributed by atoms with Gasteiger partial charge in [-0.2, -0.15) is 0 Å². The number of esters is 1. The number of carbonyl (C=O) groups excluding carboxylic acids is 1. The Kier molecular flexibility index (Phi) is 5.22. The van der Waals surface area contributed by atoms with E-state index in [4.69, 9.17) is 9.47 Å². The summed E-state index contributed by atoms with van der Waals surface area (Å²) in [5, 5.41) is 0. The molecular formula is C21H17NO3. The Morgan fingerprint density at radius 2 is 1.72 bits per heavy atom. The summed E-state index contributed by atoms with van der Waals surface area (Å²) in [6, 6.07) is 17.4. The summed E-state index contributed by atoms with van der Waals surface area (Å²) in [6.45, 7) is 0. The monoisotopic (exact) mass is 331 g/mol. The zero-order chi connectivity index (χ0) is 17.5. The van der Waals surface area contributed by atoms with E-state index in [-0.39, 0.29) is 11.6 Å². The molecule has 0 saturated heterocycles. The molecule has 124 valence electrons. The molecule has 0 bridgehead atoms. The number of rotatable bonds is 5. The molecule has 2 aromatic carbocycles. The van der Waals surface area contributed by atoms with Crippen LogP contribution in [0, 0.1) is 0 Å². The molecule has 0 atom stereocenters. The zero-order valence-electron chi connectivity index (χ0n) is 13.8. The van der Waals surface area contributed by atoms with E-state index in [1.807, 2.05) is 60.7 Å². The summed E-state index contributed by atoms with van der Waals surface area (Å²) in [6.07, 6.45) is 8.77. The van der Waals surface area contributed by atoms with Gasteiger partial charge in [0.15, 0.2) is 5.70 Å². The maximum Gasteiger partial charge on any atom is 0.363 e. The summed E-state index contributed by atoms with van der Waals surface area (Å²) in [5.74, 6) is 0.540. The molecule has 4 heteroatoms. The summed E-state index contributed by atoms with van der Waals surface area (Å²) in [4.78, 5) is 16.1. The van der Waals surface area contributed by atoms with E-state index in [9.17, 15) is 4.79 Å². The van der Waals surface area contributed by atoms with Crippen LogP contribution in [-0.2, 0) is 9.53 Å². The third-order valence-corrected chi connectivity index (χ3v) is 3.52. The second-order valence-electron chi connectivity index (χ2n) is 5.24. The summed E-state index contributed by atoms with van der Waals surface area (Å²) < 4.78 is 10.4. The fourth-order valence-corrected chi connectivity index (χ4v) is 2.29. The Balaban J connectivity index is 1.73. The van der Waals surface area contributed by atoms with Crippen molar-refractivity contribution in [3.8, 4) is 5.75 Å². The quantitative estimate of drug-likeness (QED) is 0.607. The fraction of sp³-hybridized carbons (Fsp3) is 0.0476. The summed E-state index contributed by atoms with van der Waals surface area (Å²) in [5.41, 5.74) is 2.20. The van der Waals surface area contributed by atoms with Crippen molar-refractivity contribution in [2.45, 2.75) is 0 Å². The third kappa shape index (κ3) is 4.32. The Morgan fingerprint density at radius 3 is 2.52 bits per heavy atom. The highest BCUT2D eigenvalue weighted by Gasteiger charge is 2.20. The molecule has 0 radical (unpaired) electrons. The number of aliphatic imine (C=N–C) groups is 1. The van der Waals surface area contributed by atoms with Gasteiger partial charge in [0.05, 0.1) is 7.11 Å². The first kappa shape index (κ1) is 16.5. The van der Waals surface area contributed by atoms with Crippen LogP contribution in [0.25, 0.3) is 12.2 Å². The van der Waals surface area contributed by atoms with Crippen LogP contribution < -0.4 is 4.74 Å². The number of hydrogen-bond donors (Lipinski definition) is 0. The van der Waals surface area contributed by atoms with Crippen molar-refractivity contribution < 1.29 is 14.3 Å². The lowest BCUT2D eigenvalue weighted by atomic mass is 10.2. The van der Waals surface area contributed by atoms with Gasteiger partial charge in [-0.25, -0.2) is 9.79 Å². The van der Waals surface area contributed by atoms with Gasteiger partial charge >= 0.3 is 5.97 Å². The van der Waals surface area contributed by atoms with Gasteiger partial charge in [-0.15, -0.1) is 0 Å². The van der Waals surface area contributed by atoms with Gasteiger partial charge in [-0.1, -0.05) is 60.7 Å². The molecule has 1 heterocycles. The number of methoxy groups -OCH3 is 1. The molecule has 0 unspecified atom stereocenters. The smallest absolute Gasteiger partial charge is 0.363 e. The zero-order valence-corrected chi connectivity index (χ0v) is 13.8. The normalized spacial score (nSPS) is 15.8. The van der Waals surface area contributed by atoms with Crippen LogP contribution in [0.2, 0.25) is 0 Å². The minimum atomic E-state index is -0.461. The van der Waals surface area contributed by atoms with Crippen molar-refractivity contribution in [1.29, 1.82) is 0 Å². The van der Waals surface area contributed by atoms with E-state index in [1.165, 1.54) is 0 Å². The average molecular weight is 331 g/mol. The predicted molar refractivity (Wildman–Crippen MR) is 99.1 cm³/mol. The molecule has 0 fully saturated rings. The van der Waals surface area contributed by atoms with Crippen LogP contribution in [0.5, 0.6) is 5.75 Å². The van der Waals surface area contributed by atoms with Crippen LogP contribution in [0.3, 0.4) is 0 Å². The first-order valence-electron chi connectivity index (χ1n) is 7.81. The van der Waals surface area contributed by atoms with Gasteiger partial charge in [0.25, 0.3) is 0 Å². The van der Waals surface area contributed by atoms with Crippen molar-refractivity contribution in [1.82, 2.24) is 0 Å². The number of allylic oxidation sites excluding steroid dienone is 2. The van der Waals surface area contributed by atoms with Crippen LogP contribution in [0.1, 0.15) is 11.1 Å². The molecule has 0 aliphatic carbocycles. The second-order valence-corrected chi connectivity index (χ2v) is 5.24. The summed E-state index contributed by atoms with van der Waals surface area (Å²) in [7, 11) is 1.61. The van der Waals surface area contributed by atoms with Crippen molar-refractivity contribution in [2.75, 3.05) is 7.11 Å². The van der Waals surface area contributed by atoms with E-state index in [2.05, 4.69) is 4.99 Å². The topological polar surface area (TPSA) is 47.9 Å². The maximum atomic E-state index is 11.9. The minimum absolute atomic E-state index is 0.260. The first-order valence-corrected chi connectivity index (χ1v) is 7.81. The number of hydrogen-bond acceptors (Lipinski definition) is 4. The van der Waals surface area contributed by atoms with Crippen molar-refractivity contribution in [2.24, 2.45) is 4.99 Å². The number of para-hydroxylation sites is 1. The summed E-state index contributed by atoms with van der Waals surface area (Å²) >= 11 is 0. The predicted octanol–water partition coefficient (Wildman–Crippen LogP) is 4.26. The standard InChI is InChI=1S/C21H17NO3/c1-24-19-13-6-5-11-17(19)14-15-20-22-18(21(23)25-20)12-7-10-16-8-3-2-4-9-16/h2-15H,1H3/b10-7-,15-14+,18-12-. The lowest BCUT2D eigenvalue weighted by Gasteiger charge is -2.02. The number of carbonyl (C=O) groups is 1. The molecule has 1 aliphatic heterocycles. The van der Waals surface area contributed by atoms with Crippen molar-refractivity contribution in [3.05, 3.63) is 89.6 Å². The van der Waals surface area contributed by atoms with Crippen LogP contribution in [0.4, 0.5) is 0 Å². The molecule has 25 heavy (non-hydrogen) atoms. The molecule has 0 N–H and O–H groups in total. The Morgan fingerprint density at radius 1 is 0.960 bits per heavy atom. The van der Waals surface area contributed by atoms with E-state index in [0.29, 0.717) is 0 Å².